The topological polar surface area (TPSA) is 82.5 Å². The number of carbonyl (C=O) groups excluding carboxylic acids is 2. The highest BCUT2D eigenvalue weighted by molar-refractivity contribution is 5.94. The van der Waals surface area contributed by atoms with Crippen LogP contribution in [-0.4, -0.2) is 41.9 Å². The molecule has 1 heterocycles. The molecule has 0 fully saturated rings. The van der Waals surface area contributed by atoms with Crippen LogP contribution in [0.4, 0.5) is 0 Å². The second-order valence-electron chi connectivity index (χ2n) is 6.25. The van der Waals surface area contributed by atoms with Crippen LogP contribution in [0.3, 0.4) is 0 Å². The van der Waals surface area contributed by atoms with E-state index in [1.54, 1.807) is 30.9 Å². The molecule has 1 aromatic heterocycles. The molecule has 1 aromatic carbocycles. The van der Waals surface area contributed by atoms with E-state index in [0.717, 1.165) is 28.3 Å². The third kappa shape index (κ3) is 5.34. The molecule has 0 saturated heterocycles. The zero-order valence-corrected chi connectivity index (χ0v) is 17.3. The molecule has 0 aliphatic heterocycles. The van der Waals surface area contributed by atoms with Gasteiger partial charge < -0.3 is 14.8 Å². The number of hydrogen-bond acceptors (Lipinski definition) is 5. The normalized spacial score (nSPS) is 11.1. The van der Waals surface area contributed by atoms with Crippen LogP contribution >= 0.6 is 0 Å². The summed E-state index contributed by atoms with van der Waals surface area (Å²) in [5.41, 5.74) is 3.73. The van der Waals surface area contributed by atoms with E-state index in [0.29, 0.717) is 6.42 Å². The summed E-state index contributed by atoms with van der Waals surface area (Å²) in [6, 6.07) is 7.57. The van der Waals surface area contributed by atoms with Crippen molar-refractivity contribution in [3.63, 3.8) is 0 Å². The summed E-state index contributed by atoms with van der Waals surface area (Å²) in [6.45, 7) is 9.52. The first-order valence-corrected chi connectivity index (χ1v) is 9.45. The molecule has 0 atom stereocenters. The molecular weight excluding hydrogens is 370 g/mol. The molecule has 0 aliphatic rings. The molecule has 0 saturated carbocycles. The van der Waals surface area contributed by atoms with Gasteiger partial charge in [-0.2, -0.15) is 5.10 Å². The van der Waals surface area contributed by atoms with Gasteiger partial charge in [-0.15, -0.1) is 0 Å². The first kappa shape index (κ1) is 21.9. The number of methoxy groups -OCH3 is 1. The monoisotopic (exact) mass is 397 g/mol. The fraction of sp³-hybridized carbons (Fsp3) is 0.318. The first-order chi connectivity index (χ1) is 13.9. The number of nitrogens with zero attached hydrogens (tertiary/aromatic N) is 2. The van der Waals surface area contributed by atoms with Gasteiger partial charge in [0.2, 0.25) is 0 Å². The van der Waals surface area contributed by atoms with Crippen LogP contribution in [0, 0.1) is 6.92 Å². The molecule has 29 heavy (non-hydrogen) atoms. The average molecular weight is 397 g/mol. The van der Waals surface area contributed by atoms with Gasteiger partial charge in [0.1, 0.15) is 12.3 Å². The summed E-state index contributed by atoms with van der Waals surface area (Å²) in [7, 11) is 1.63. The molecule has 154 valence electrons. The third-order valence-corrected chi connectivity index (χ3v) is 4.28. The summed E-state index contributed by atoms with van der Waals surface area (Å²) in [6.07, 6.45) is 4.16. The van der Waals surface area contributed by atoms with Crippen LogP contribution in [0.1, 0.15) is 41.2 Å². The number of esters is 1. The Bertz CT molecular complexity index is 928. The van der Waals surface area contributed by atoms with Crippen molar-refractivity contribution in [1.29, 1.82) is 0 Å². The lowest BCUT2D eigenvalue weighted by Crippen LogP contribution is -2.31. The standard InChI is InChI=1S/C22H27N3O4/c1-6-9-19(16-11-10-15(4)20(12-16)28-5)25-17(7-2)13-18(24-25)22(27)23-14-21(26)29-8-3/h6,9-13H,1,7-8,14H2,2-5H3,(H,23,27)/b19-9-. The quantitative estimate of drug-likeness (QED) is 0.519. The number of ether oxygens (including phenoxy) is 2. The third-order valence-electron chi connectivity index (χ3n) is 4.28. The van der Waals surface area contributed by atoms with Gasteiger partial charge in [0.25, 0.3) is 5.91 Å². The fourth-order valence-electron chi connectivity index (χ4n) is 2.83. The molecule has 0 aliphatic carbocycles. The molecule has 2 aromatic rings. The maximum absolute atomic E-state index is 12.4. The van der Waals surface area contributed by atoms with Gasteiger partial charge in [-0.25, -0.2) is 4.68 Å². The van der Waals surface area contributed by atoms with Gasteiger partial charge in [0.15, 0.2) is 5.69 Å². The minimum absolute atomic E-state index is 0.203. The minimum atomic E-state index is -0.491. The Kier molecular flexibility index (Phi) is 7.77. The van der Waals surface area contributed by atoms with Crippen LogP contribution in [-0.2, 0) is 16.0 Å². The molecule has 0 spiro atoms. The number of benzene rings is 1. The summed E-state index contributed by atoms with van der Waals surface area (Å²) in [5, 5.41) is 7.01. The van der Waals surface area contributed by atoms with E-state index in [-0.39, 0.29) is 18.8 Å². The fourth-order valence-corrected chi connectivity index (χ4v) is 2.83. The average Bonchev–Trinajstić information content (AvgIpc) is 3.15. The number of amides is 1. The van der Waals surface area contributed by atoms with Crippen molar-refractivity contribution >= 4 is 17.6 Å². The van der Waals surface area contributed by atoms with Gasteiger partial charge in [0, 0.05) is 11.3 Å². The van der Waals surface area contributed by atoms with Gasteiger partial charge in [-0.3, -0.25) is 9.59 Å². The summed E-state index contributed by atoms with van der Waals surface area (Å²) < 4.78 is 12.0. The molecule has 7 heteroatoms. The molecule has 2 rings (SSSR count). The number of hydrogen-bond donors (Lipinski definition) is 1. The first-order valence-electron chi connectivity index (χ1n) is 9.45. The Hall–Kier alpha value is -3.35. The Morgan fingerprint density at radius 1 is 1.28 bits per heavy atom. The van der Waals surface area contributed by atoms with Crippen LogP contribution in [0.25, 0.3) is 5.70 Å². The van der Waals surface area contributed by atoms with E-state index in [9.17, 15) is 9.59 Å². The van der Waals surface area contributed by atoms with Crippen molar-refractivity contribution in [1.82, 2.24) is 15.1 Å². The number of rotatable bonds is 9. The lowest BCUT2D eigenvalue weighted by atomic mass is 10.1. The van der Waals surface area contributed by atoms with E-state index < -0.39 is 11.9 Å². The number of carbonyl (C=O) groups is 2. The summed E-state index contributed by atoms with van der Waals surface area (Å²) in [5.74, 6) is -0.170. The highest BCUT2D eigenvalue weighted by Crippen LogP contribution is 2.26. The van der Waals surface area contributed by atoms with E-state index in [2.05, 4.69) is 17.0 Å². The number of aromatic nitrogens is 2. The summed E-state index contributed by atoms with van der Waals surface area (Å²) >= 11 is 0. The predicted molar refractivity (Wildman–Crippen MR) is 112 cm³/mol. The number of allylic oxidation sites excluding steroid dienone is 2. The highest BCUT2D eigenvalue weighted by atomic mass is 16.5. The van der Waals surface area contributed by atoms with Crippen molar-refractivity contribution in [2.45, 2.75) is 27.2 Å². The lowest BCUT2D eigenvalue weighted by molar-refractivity contribution is -0.141. The molecule has 7 nitrogen and oxygen atoms in total. The van der Waals surface area contributed by atoms with Crippen molar-refractivity contribution < 1.29 is 19.1 Å². The van der Waals surface area contributed by atoms with Gasteiger partial charge >= 0.3 is 5.97 Å². The van der Waals surface area contributed by atoms with Crippen LogP contribution in [0.2, 0.25) is 0 Å². The van der Waals surface area contributed by atoms with Crippen molar-refractivity contribution in [2.75, 3.05) is 20.3 Å². The second-order valence-corrected chi connectivity index (χ2v) is 6.25. The number of aryl methyl sites for hydroxylation is 2. The molecule has 0 unspecified atom stereocenters. The Balaban J connectivity index is 2.38. The molecule has 1 amide bonds. The van der Waals surface area contributed by atoms with Crippen molar-refractivity contribution in [2.24, 2.45) is 0 Å². The number of nitrogens with one attached hydrogen (secondary N) is 1. The lowest BCUT2D eigenvalue weighted by Gasteiger charge is -2.13. The maximum Gasteiger partial charge on any atom is 0.325 e. The Morgan fingerprint density at radius 2 is 2.03 bits per heavy atom. The second kappa shape index (κ2) is 10.3. The van der Waals surface area contributed by atoms with Gasteiger partial charge in [0.05, 0.1) is 19.4 Å². The van der Waals surface area contributed by atoms with E-state index in [1.807, 2.05) is 38.1 Å². The minimum Gasteiger partial charge on any atom is -0.496 e. The highest BCUT2D eigenvalue weighted by Gasteiger charge is 2.18. The Morgan fingerprint density at radius 3 is 2.66 bits per heavy atom. The van der Waals surface area contributed by atoms with Crippen LogP contribution < -0.4 is 10.1 Å². The molecule has 1 N–H and O–H groups in total. The van der Waals surface area contributed by atoms with Crippen LogP contribution in [0.5, 0.6) is 5.75 Å². The largest absolute Gasteiger partial charge is 0.496 e. The zero-order chi connectivity index (χ0) is 21.4. The van der Waals surface area contributed by atoms with E-state index >= 15 is 0 Å². The van der Waals surface area contributed by atoms with Gasteiger partial charge in [-0.1, -0.05) is 31.7 Å². The van der Waals surface area contributed by atoms with Gasteiger partial charge in [-0.05, 0) is 44.0 Å². The molecular formula is C22H27N3O4. The predicted octanol–water partition coefficient (Wildman–Crippen LogP) is 3.13. The van der Waals surface area contributed by atoms with E-state index in [4.69, 9.17) is 9.47 Å². The Labute approximate surface area is 171 Å². The van der Waals surface area contributed by atoms with E-state index in [1.165, 1.54) is 0 Å². The van der Waals surface area contributed by atoms with Crippen molar-refractivity contribution in [3.8, 4) is 5.75 Å². The SMILES string of the molecule is C=C/C=C(/c1ccc(C)c(OC)c1)n1nc(C(=O)NCC(=O)OCC)cc1CC. The summed E-state index contributed by atoms with van der Waals surface area (Å²) in [4.78, 5) is 23.9. The zero-order valence-electron chi connectivity index (χ0n) is 17.3. The maximum atomic E-state index is 12.4. The van der Waals surface area contributed by atoms with Crippen LogP contribution in [0.15, 0.2) is 43.0 Å². The molecule has 0 bridgehead atoms. The molecule has 0 radical (unpaired) electrons. The smallest absolute Gasteiger partial charge is 0.325 e. The van der Waals surface area contributed by atoms with Crippen molar-refractivity contribution in [3.05, 3.63) is 65.5 Å².